The average molecular weight is 441 g/mol. The molecule has 0 saturated heterocycles. The van der Waals surface area contributed by atoms with Crippen LogP contribution in [-0.2, 0) is 0 Å². The Morgan fingerprint density at radius 2 is 1.75 bits per heavy atom. The Bertz CT molecular complexity index is 714. The van der Waals surface area contributed by atoms with Crippen molar-refractivity contribution in [3.63, 3.8) is 0 Å². The second kappa shape index (κ2) is 8.42. The standard InChI is InChI=1S/C31H52O/c1-21(2)8-6-7-17-31(5,32)28-14-13-26-25-12-11-24-20-23(22-9-10-22)15-18-29(24,3)27(25)16-19-30(26,28)4/h11,21-23,25-28,32H,6-10,12-20H2,1-5H3/t23?,25?,26?,27?,28?,29?,30?,31-/m0/s1. The lowest BCUT2D eigenvalue weighted by Gasteiger charge is -2.59. The molecule has 0 spiro atoms. The fourth-order valence-corrected chi connectivity index (χ4v) is 9.89. The molecule has 1 nitrogen and oxygen atoms in total. The van der Waals surface area contributed by atoms with Gasteiger partial charge in [-0.15, -0.1) is 0 Å². The number of hydrogen-bond donors (Lipinski definition) is 1. The van der Waals surface area contributed by atoms with E-state index < -0.39 is 5.60 Å². The molecule has 0 heterocycles. The van der Waals surface area contributed by atoms with Crippen molar-refractivity contribution in [1.29, 1.82) is 0 Å². The van der Waals surface area contributed by atoms with Crippen LogP contribution in [0.25, 0.3) is 0 Å². The van der Waals surface area contributed by atoms with Gasteiger partial charge in [0.1, 0.15) is 0 Å². The predicted octanol–water partition coefficient (Wildman–Crippen LogP) is 8.56. The molecular formula is C31H52O. The molecule has 1 heteroatoms. The van der Waals surface area contributed by atoms with Gasteiger partial charge in [-0.25, -0.2) is 0 Å². The van der Waals surface area contributed by atoms with Crippen molar-refractivity contribution in [3.05, 3.63) is 11.6 Å². The van der Waals surface area contributed by atoms with Crippen molar-refractivity contribution < 1.29 is 5.11 Å². The van der Waals surface area contributed by atoms with Crippen LogP contribution >= 0.6 is 0 Å². The summed E-state index contributed by atoms with van der Waals surface area (Å²) < 4.78 is 0. The van der Waals surface area contributed by atoms with Crippen LogP contribution in [0.15, 0.2) is 11.6 Å². The van der Waals surface area contributed by atoms with E-state index in [1.165, 1.54) is 83.5 Å². The first-order valence-corrected chi connectivity index (χ1v) is 14.6. The lowest BCUT2D eigenvalue weighted by Crippen LogP contribution is -2.52. The molecule has 4 saturated carbocycles. The van der Waals surface area contributed by atoms with Crippen molar-refractivity contribution >= 4 is 0 Å². The van der Waals surface area contributed by atoms with E-state index in [9.17, 15) is 5.11 Å². The molecule has 4 fully saturated rings. The molecular weight excluding hydrogens is 388 g/mol. The number of fused-ring (bicyclic) bond motifs is 5. The van der Waals surface area contributed by atoms with E-state index in [0.29, 0.717) is 16.7 Å². The maximum Gasteiger partial charge on any atom is 0.0653 e. The van der Waals surface area contributed by atoms with Crippen molar-refractivity contribution in [2.45, 2.75) is 130 Å². The molecule has 0 aromatic carbocycles. The maximum atomic E-state index is 11.7. The van der Waals surface area contributed by atoms with Crippen LogP contribution in [-0.4, -0.2) is 10.7 Å². The van der Waals surface area contributed by atoms with Crippen LogP contribution in [0, 0.1) is 52.3 Å². The van der Waals surface area contributed by atoms with Crippen LogP contribution in [0.4, 0.5) is 0 Å². The van der Waals surface area contributed by atoms with E-state index in [-0.39, 0.29) is 0 Å². The van der Waals surface area contributed by atoms with E-state index in [0.717, 1.165) is 41.9 Å². The van der Waals surface area contributed by atoms with Crippen LogP contribution in [0.1, 0.15) is 125 Å². The highest BCUT2D eigenvalue weighted by Crippen LogP contribution is 2.68. The fourth-order valence-electron chi connectivity index (χ4n) is 9.89. The van der Waals surface area contributed by atoms with E-state index in [2.05, 4.69) is 40.7 Å². The van der Waals surface area contributed by atoms with Crippen LogP contribution < -0.4 is 0 Å². The van der Waals surface area contributed by atoms with Gasteiger partial charge in [-0.3, -0.25) is 0 Å². The maximum absolute atomic E-state index is 11.7. The molecule has 0 aromatic heterocycles. The summed E-state index contributed by atoms with van der Waals surface area (Å²) in [5.41, 5.74) is 2.25. The summed E-state index contributed by atoms with van der Waals surface area (Å²) in [6.45, 7) is 12.1. The SMILES string of the molecule is CC(C)CCCC[C@](C)(O)C1CCC2C3CC=C4CC(C5CC5)CCC4(C)C3CCC21C. The van der Waals surface area contributed by atoms with Gasteiger partial charge in [-0.2, -0.15) is 0 Å². The highest BCUT2D eigenvalue weighted by Gasteiger charge is 2.61. The van der Waals surface area contributed by atoms with E-state index in [4.69, 9.17) is 0 Å². The van der Waals surface area contributed by atoms with Crippen molar-refractivity contribution in [2.24, 2.45) is 52.3 Å². The molecule has 8 atom stereocenters. The van der Waals surface area contributed by atoms with Crippen molar-refractivity contribution in [1.82, 2.24) is 0 Å². The summed E-state index contributed by atoms with van der Waals surface area (Å²) >= 11 is 0. The quantitative estimate of drug-likeness (QED) is 0.310. The van der Waals surface area contributed by atoms with Crippen LogP contribution in [0.5, 0.6) is 0 Å². The Morgan fingerprint density at radius 3 is 2.47 bits per heavy atom. The molecule has 7 unspecified atom stereocenters. The zero-order valence-electron chi connectivity index (χ0n) is 22.0. The van der Waals surface area contributed by atoms with Gasteiger partial charge in [0.2, 0.25) is 0 Å². The lowest BCUT2D eigenvalue weighted by atomic mass is 9.46. The molecule has 0 aromatic rings. The van der Waals surface area contributed by atoms with Crippen molar-refractivity contribution in [3.8, 4) is 0 Å². The Balaban J connectivity index is 1.29. The molecule has 0 amide bonds. The van der Waals surface area contributed by atoms with Gasteiger partial charge < -0.3 is 5.11 Å². The summed E-state index contributed by atoms with van der Waals surface area (Å²) in [4.78, 5) is 0. The van der Waals surface area contributed by atoms with Crippen molar-refractivity contribution in [2.75, 3.05) is 0 Å². The first-order chi connectivity index (χ1) is 15.1. The van der Waals surface area contributed by atoms with Crippen LogP contribution in [0.2, 0.25) is 0 Å². The first kappa shape index (κ1) is 23.4. The summed E-state index contributed by atoms with van der Waals surface area (Å²) in [5, 5.41) is 11.7. The predicted molar refractivity (Wildman–Crippen MR) is 135 cm³/mol. The van der Waals surface area contributed by atoms with E-state index in [1.54, 1.807) is 0 Å². The molecule has 32 heavy (non-hydrogen) atoms. The number of unbranched alkanes of at least 4 members (excludes halogenated alkanes) is 1. The minimum Gasteiger partial charge on any atom is -0.390 e. The topological polar surface area (TPSA) is 20.2 Å². The third-order valence-corrected chi connectivity index (χ3v) is 11.9. The average Bonchev–Trinajstić information content (AvgIpc) is 3.51. The minimum absolute atomic E-state index is 0.357. The summed E-state index contributed by atoms with van der Waals surface area (Å²) in [6.07, 6.45) is 21.7. The molecule has 0 aliphatic heterocycles. The Morgan fingerprint density at radius 1 is 0.969 bits per heavy atom. The molecule has 5 rings (SSSR count). The van der Waals surface area contributed by atoms with Gasteiger partial charge in [0, 0.05) is 0 Å². The second-order valence-electron chi connectivity index (χ2n) is 14.3. The van der Waals surface area contributed by atoms with Crippen LogP contribution in [0.3, 0.4) is 0 Å². The molecule has 5 aliphatic rings. The summed E-state index contributed by atoms with van der Waals surface area (Å²) in [7, 11) is 0. The van der Waals surface area contributed by atoms with Gasteiger partial charge in [0.05, 0.1) is 5.60 Å². The Hall–Kier alpha value is -0.300. The lowest BCUT2D eigenvalue weighted by molar-refractivity contribution is -0.104. The number of rotatable bonds is 7. The fraction of sp³-hybridized carbons (Fsp3) is 0.935. The number of aliphatic hydroxyl groups is 1. The highest BCUT2D eigenvalue weighted by molar-refractivity contribution is 5.26. The molecule has 0 radical (unpaired) electrons. The third-order valence-electron chi connectivity index (χ3n) is 11.9. The zero-order valence-corrected chi connectivity index (χ0v) is 22.0. The molecule has 182 valence electrons. The highest BCUT2D eigenvalue weighted by atomic mass is 16.3. The molecule has 5 aliphatic carbocycles. The summed E-state index contributed by atoms with van der Waals surface area (Å²) in [5.74, 6) is 6.01. The first-order valence-electron chi connectivity index (χ1n) is 14.6. The Labute approximate surface area is 199 Å². The normalized spacial score (nSPS) is 45.6. The van der Waals surface area contributed by atoms with Gasteiger partial charge in [0.25, 0.3) is 0 Å². The second-order valence-corrected chi connectivity index (χ2v) is 14.3. The smallest absolute Gasteiger partial charge is 0.0653 e. The number of hydrogen-bond acceptors (Lipinski definition) is 1. The molecule has 1 N–H and O–H groups in total. The largest absolute Gasteiger partial charge is 0.390 e. The van der Waals surface area contributed by atoms with E-state index >= 15 is 0 Å². The zero-order chi connectivity index (χ0) is 22.7. The Kier molecular flexibility index (Phi) is 6.17. The summed E-state index contributed by atoms with van der Waals surface area (Å²) in [6, 6.07) is 0. The van der Waals surface area contributed by atoms with Gasteiger partial charge in [-0.1, -0.05) is 58.6 Å². The van der Waals surface area contributed by atoms with Gasteiger partial charge >= 0.3 is 0 Å². The van der Waals surface area contributed by atoms with Gasteiger partial charge in [0.15, 0.2) is 0 Å². The molecule has 0 bridgehead atoms. The minimum atomic E-state index is -0.477. The third kappa shape index (κ3) is 3.95. The monoisotopic (exact) mass is 440 g/mol. The van der Waals surface area contributed by atoms with Gasteiger partial charge in [-0.05, 0) is 130 Å². The van der Waals surface area contributed by atoms with E-state index in [1.807, 2.05) is 5.57 Å². The number of allylic oxidation sites excluding steroid dienone is 2.